The summed E-state index contributed by atoms with van der Waals surface area (Å²) in [6.07, 6.45) is 2.05. The van der Waals surface area contributed by atoms with Gasteiger partial charge < -0.3 is 15.4 Å². The van der Waals surface area contributed by atoms with E-state index in [0.717, 1.165) is 0 Å². The average molecular weight is 389 g/mol. The quantitative estimate of drug-likeness (QED) is 0.748. The van der Waals surface area contributed by atoms with E-state index < -0.39 is 21.7 Å². The van der Waals surface area contributed by atoms with Gasteiger partial charge in [0.05, 0.1) is 36.1 Å². The Balaban J connectivity index is 1.63. The Morgan fingerprint density at radius 2 is 2.00 bits per heavy atom. The second-order valence-corrected chi connectivity index (χ2v) is 8.43. The Morgan fingerprint density at radius 1 is 1.19 bits per heavy atom. The third-order valence-electron chi connectivity index (χ3n) is 4.14. The normalized spacial score (nSPS) is 17.9. The molecule has 0 aliphatic carbocycles. The van der Waals surface area contributed by atoms with Crippen molar-refractivity contribution in [2.24, 2.45) is 0 Å². The number of carbonyl (C=O) groups is 2. The SMILES string of the molecule is COC(=O)c1cccc(NC(=O)c2ccc(NC3CCS(=O)(=O)C3)cn2)c1. The van der Waals surface area contributed by atoms with Crippen LogP contribution in [0.3, 0.4) is 0 Å². The molecule has 27 heavy (non-hydrogen) atoms. The van der Waals surface area contributed by atoms with E-state index in [0.29, 0.717) is 23.4 Å². The maximum Gasteiger partial charge on any atom is 0.337 e. The van der Waals surface area contributed by atoms with E-state index in [9.17, 15) is 18.0 Å². The van der Waals surface area contributed by atoms with Crippen LogP contribution in [0.1, 0.15) is 27.3 Å². The van der Waals surface area contributed by atoms with Crippen LogP contribution in [0, 0.1) is 0 Å². The molecular formula is C18H19N3O5S. The molecule has 2 aromatic rings. The maximum absolute atomic E-state index is 12.3. The Labute approximate surface area is 156 Å². The summed E-state index contributed by atoms with van der Waals surface area (Å²) in [6, 6.07) is 9.48. The Kier molecular flexibility index (Phi) is 5.41. The van der Waals surface area contributed by atoms with Crippen molar-refractivity contribution >= 4 is 33.1 Å². The Hall–Kier alpha value is -2.94. The zero-order valence-electron chi connectivity index (χ0n) is 14.6. The van der Waals surface area contributed by atoms with Crippen LogP contribution in [-0.4, -0.2) is 49.9 Å². The summed E-state index contributed by atoms with van der Waals surface area (Å²) in [7, 11) is -1.68. The molecule has 142 valence electrons. The van der Waals surface area contributed by atoms with Crippen molar-refractivity contribution in [3.8, 4) is 0 Å². The summed E-state index contributed by atoms with van der Waals surface area (Å²) in [4.78, 5) is 28.0. The van der Waals surface area contributed by atoms with E-state index in [-0.39, 0.29) is 23.2 Å². The molecule has 0 bridgehead atoms. The van der Waals surface area contributed by atoms with Gasteiger partial charge in [-0.05, 0) is 36.8 Å². The number of nitrogens with one attached hydrogen (secondary N) is 2. The first-order valence-electron chi connectivity index (χ1n) is 8.29. The van der Waals surface area contributed by atoms with Gasteiger partial charge in [0.25, 0.3) is 5.91 Å². The lowest BCUT2D eigenvalue weighted by Gasteiger charge is -2.12. The highest BCUT2D eigenvalue weighted by molar-refractivity contribution is 7.91. The monoisotopic (exact) mass is 389 g/mol. The molecule has 1 unspecified atom stereocenters. The Bertz CT molecular complexity index is 957. The summed E-state index contributed by atoms with van der Waals surface area (Å²) in [6.45, 7) is 0. The number of pyridine rings is 1. The van der Waals surface area contributed by atoms with Gasteiger partial charge in [-0.2, -0.15) is 0 Å². The van der Waals surface area contributed by atoms with Crippen LogP contribution in [0.5, 0.6) is 0 Å². The van der Waals surface area contributed by atoms with Crippen LogP contribution >= 0.6 is 0 Å². The van der Waals surface area contributed by atoms with Gasteiger partial charge in [0, 0.05) is 11.7 Å². The molecule has 1 aliphatic heterocycles. The third-order valence-corrected chi connectivity index (χ3v) is 5.91. The van der Waals surface area contributed by atoms with Gasteiger partial charge in [0.1, 0.15) is 5.69 Å². The van der Waals surface area contributed by atoms with E-state index in [4.69, 9.17) is 0 Å². The second-order valence-electron chi connectivity index (χ2n) is 6.20. The van der Waals surface area contributed by atoms with Crippen molar-refractivity contribution in [2.75, 3.05) is 29.2 Å². The summed E-state index contributed by atoms with van der Waals surface area (Å²) in [5, 5.41) is 5.79. The lowest BCUT2D eigenvalue weighted by atomic mass is 10.2. The van der Waals surface area contributed by atoms with E-state index in [1.54, 1.807) is 30.3 Å². The van der Waals surface area contributed by atoms with Gasteiger partial charge in [-0.3, -0.25) is 4.79 Å². The highest BCUT2D eigenvalue weighted by Gasteiger charge is 2.27. The van der Waals surface area contributed by atoms with Gasteiger partial charge in [-0.25, -0.2) is 18.2 Å². The average Bonchev–Trinajstić information content (AvgIpc) is 3.00. The van der Waals surface area contributed by atoms with E-state index in [2.05, 4.69) is 20.4 Å². The van der Waals surface area contributed by atoms with Gasteiger partial charge in [0.2, 0.25) is 0 Å². The topological polar surface area (TPSA) is 114 Å². The number of amides is 1. The molecule has 0 radical (unpaired) electrons. The van der Waals surface area contributed by atoms with Crippen molar-refractivity contribution in [3.63, 3.8) is 0 Å². The molecular weight excluding hydrogens is 370 g/mol. The largest absolute Gasteiger partial charge is 0.465 e. The molecule has 1 fully saturated rings. The zero-order chi connectivity index (χ0) is 19.4. The third kappa shape index (κ3) is 4.82. The van der Waals surface area contributed by atoms with Crippen LogP contribution in [0.25, 0.3) is 0 Å². The minimum absolute atomic E-state index is 0.103. The minimum atomic E-state index is -2.96. The van der Waals surface area contributed by atoms with E-state index in [1.807, 2.05) is 0 Å². The molecule has 2 heterocycles. The van der Waals surface area contributed by atoms with Crippen molar-refractivity contribution in [3.05, 3.63) is 53.9 Å². The molecule has 2 N–H and O–H groups in total. The number of ether oxygens (including phenoxy) is 1. The molecule has 1 aromatic heterocycles. The number of nitrogens with zero attached hydrogens (tertiary/aromatic N) is 1. The predicted octanol–water partition coefficient (Wildman–Crippen LogP) is 1.72. The number of esters is 1. The van der Waals surface area contributed by atoms with Gasteiger partial charge in [0.15, 0.2) is 9.84 Å². The maximum atomic E-state index is 12.3. The molecule has 0 saturated carbocycles. The number of benzene rings is 1. The summed E-state index contributed by atoms with van der Waals surface area (Å²) < 4.78 is 27.6. The molecule has 1 amide bonds. The lowest BCUT2D eigenvalue weighted by Crippen LogP contribution is -2.21. The molecule has 8 nitrogen and oxygen atoms in total. The van der Waals surface area contributed by atoms with Crippen LogP contribution in [0.2, 0.25) is 0 Å². The number of sulfone groups is 1. The number of aromatic nitrogens is 1. The number of rotatable bonds is 5. The molecule has 1 saturated heterocycles. The van der Waals surface area contributed by atoms with Crippen LogP contribution < -0.4 is 10.6 Å². The number of anilines is 2. The molecule has 3 rings (SSSR count). The van der Waals surface area contributed by atoms with Crippen molar-refractivity contribution in [1.29, 1.82) is 0 Å². The fourth-order valence-corrected chi connectivity index (χ4v) is 4.47. The molecule has 9 heteroatoms. The number of methoxy groups -OCH3 is 1. The number of carbonyl (C=O) groups excluding carboxylic acids is 2. The van der Waals surface area contributed by atoms with E-state index >= 15 is 0 Å². The van der Waals surface area contributed by atoms with Gasteiger partial charge >= 0.3 is 5.97 Å². The standard InChI is InChI=1S/C18H19N3O5S/c1-26-18(23)12-3-2-4-13(9-12)21-17(22)16-6-5-14(10-19-16)20-15-7-8-27(24,25)11-15/h2-6,9-10,15,20H,7-8,11H2,1H3,(H,21,22). The predicted molar refractivity (Wildman–Crippen MR) is 101 cm³/mol. The summed E-state index contributed by atoms with van der Waals surface area (Å²) in [5.74, 6) is -0.629. The molecule has 1 atom stereocenters. The molecule has 1 aliphatic rings. The summed E-state index contributed by atoms with van der Waals surface area (Å²) in [5.41, 5.74) is 1.63. The van der Waals surface area contributed by atoms with Gasteiger partial charge in [-0.1, -0.05) is 6.07 Å². The second kappa shape index (κ2) is 7.75. The van der Waals surface area contributed by atoms with Crippen molar-refractivity contribution in [1.82, 2.24) is 4.98 Å². The fraction of sp³-hybridized carbons (Fsp3) is 0.278. The highest BCUT2D eigenvalue weighted by Crippen LogP contribution is 2.18. The van der Waals surface area contributed by atoms with Crippen LogP contribution in [-0.2, 0) is 14.6 Å². The smallest absolute Gasteiger partial charge is 0.337 e. The van der Waals surface area contributed by atoms with Gasteiger partial charge in [-0.15, -0.1) is 0 Å². The fourth-order valence-electron chi connectivity index (χ4n) is 2.80. The summed E-state index contributed by atoms with van der Waals surface area (Å²) >= 11 is 0. The molecule has 1 aromatic carbocycles. The first kappa shape index (κ1) is 18.8. The van der Waals surface area contributed by atoms with Crippen LogP contribution in [0.4, 0.5) is 11.4 Å². The van der Waals surface area contributed by atoms with Crippen LogP contribution in [0.15, 0.2) is 42.6 Å². The first-order chi connectivity index (χ1) is 12.9. The lowest BCUT2D eigenvalue weighted by molar-refractivity contribution is 0.0600. The highest BCUT2D eigenvalue weighted by atomic mass is 32.2. The van der Waals surface area contributed by atoms with Crippen molar-refractivity contribution in [2.45, 2.75) is 12.5 Å². The zero-order valence-corrected chi connectivity index (χ0v) is 15.5. The molecule has 0 spiro atoms. The van der Waals surface area contributed by atoms with E-state index in [1.165, 1.54) is 19.4 Å². The Morgan fingerprint density at radius 3 is 2.63 bits per heavy atom. The van der Waals surface area contributed by atoms with Crippen molar-refractivity contribution < 1.29 is 22.7 Å². The number of hydrogen-bond acceptors (Lipinski definition) is 7. The first-order valence-corrected chi connectivity index (χ1v) is 10.1. The minimum Gasteiger partial charge on any atom is -0.465 e. The number of hydrogen-bond donors (Lipinski definition) is 2.